The number of hydrogen-bond acceptors (Lipinski definition) is 4. The SMILES string of the molecule is O=C(Nc1cccc(Cn2nc(-c3cc(F)cc(F)c3)ccc2=O)c1)OCCCCl. The lowest BCUT2D eigenvalue weighted by atomic mass is 10.1. The second-order valence-electron chi connectivity index (χ2n) is 6.38. The zero-order chi connectivity index (χ0) is 21.5. The monoisotopic (exact) mass is 433 g/mol. The molecule has 6 nitrogen and oxygen atoms in total. The maximum absolute atomic E-state index is 13.5. The number of carbonyl (C=O) groups excluding carboxylic acids is 1. The molecule has 9 heteroatoms. The molecule has 0 atom stereocenters. The number of hydrogen-bond donors (Lipinski definition) is 1. The van der Waals surface area contributed by atoms with Gasteiger partial charge in [-0.2, -0.15) is 5.10 Å². The van der Waals surface area contributed by atoms with E-state index in [9.17, 15) is 18.4 Å². The largest absolute Gasteiger partial charge is 0.449 e. The molecule has 1 amide bonds. The number of halogens is 3. The number of aromatic nitrogens is 2. The van der Waals surface area contributed by atoms with Gasteiger partial charge in [0.1, 0.15) is 11.6 Å². The Morgan fingerprint density at radius 2 is 1.87 bits per heavy atom. The third-order valence-electron chi connectivity index (χ3n) is 4.04. The minimum Gasteiger partial charge on any atom is -0.449 e. The van der Waals surface area contributed by atoms with Gasteiger partial charge in [0.15, 0.2) is 0 Å². The maximum atomic E-state index is 13.5. The molecule has 0 fully saturated rings. The van der Waals surface area contributed by atoms with E-state index in [1.54, 1.807) is 24.3 Å². The van der Waals surface area contributed by atoms with E-state index in [0.29, 0.717) is 23.6 Å². The first kappa shape index (κ1) is 21.4. The Bertz CT molecular complexity index is 1080. The highest BCUT2D eigenvalue weighted by Gasteiger charge is 2.09. The predicted molar refractivity (Wildman–Crippen MR) is 110 cm³/mol. The number of nitrogens with one attached hydrogen (secondary N) is 1. The van der Waals surface area contributed by atoms with Crippen molar-refractivity contribution in [3.8, 4) is 11.3 Å². The predicted octanol–water partition coefficient (Wildman–Crippen LogP) is 4.41. The van der Waals surface area contributed by atoms with Crippen LogP contribution in [0.3, 0.4) is 0 Å². The van der Waals surface area contributed by atoms with Crippen LogP contribution in [0.1, 0.15) is 12.0 Å². The Kier molecular flexibility index (Phi) is 7.13. The number of rotatable bonds is 7. The molecule has 0 aliphatic heterocycles. The summed E-state index contributed by atoms with van der Waals surface area (Å²) in [6.07, 6.45) is -0.0579. The molecule has 0 saturated heterocycles. The van der Waals surface area contributed by atoms with Crippen LogP contribution < -0.4 is 10.9 Å². The van der Waals surface area contributed by atoms with E-state index in [4.69, 9.17) is 16.3 Å². The summed E-state index contributed by atoms with van der Waals surface area (Å²) < 4.78 is 33.2. The lowest BCUT2D eigenvalue weighted by Crippen LogP contribution is -2.23. The average molecular weight is 434 g/mol. The van der Waals surface area contributed by atoms with Crippen molar-refractivity contribution in [1.29, 1.82) is 0 Å². The van der Waals surface area contributed by atoms with Gasteiger partial charge in [-0.05, 0) is 42.3 Å². The summed E-state index contributed by atoms with van der Waals surface area (Å²) in [5.41, 5.74) is 1.27. The molecule has 1 N–H and O–H groups in total. The second kappa shape index (κ2) is 9.98. The van der Waals surface area contributed by atoms with Gasteiger partial charge in [0.25, 0.3) is 5.56 Å². The van der Waals surface area contributed by atoms with Gasteiger partial charge >= 0.3 is 6.09 Å². The van der Waals surface area contributed by atoms with Crippen molar-refractivity contribution in [3.05, 3.63) is 82.1 Å². The molecule has 0 unspecified atom stereocenters. The molecule has 30 heavy (non-hydrogen) atoms. The van der Waals surface area contributed by atoms with Crippen molar-refractivity contribution in [3.63, 3.8) is 0 Å². The normalized spacial score (nSPS) is 10.6. The molecule has 0 saturated carbocycles. The van der Waals surface area contributed by atoms with Crippen LogP contribution in [0.4, 0.5) is 19.3 Å². The van der Waals surface area contributed by atoms with Gasteiger partial charge in [-0.25, -0.2) is 18.3 Å². The van der Waals surface area contributed by atoms with Gasteiger partial charge in [-0.1, -0.05) is 12.1 Å². The molecule has 0 spiro atoms. The standard InChI is InChI=1S/C21H18ClF2N3O3/c22-7-2-8-30-21(29)25-18-4-1-3-14(9-18)13-27-20(28)6-5-19(26-27)15-10-16(23)12-17(24)11-15/h1,3-6,9-12H,2,7-8,13H2,(H,25,29). The maximum Gasteiger partial charge on any atom is 0.411 e. The lowest BCUT2D eigenvalue weighted by molar-refractivity contribution is 0.162. The summed E-state index contributed by atoms with van der Waals surface area (Å²) in [4.78, 5) is 24.0. The highest BCUT2D eigenvalue weighted by molar-refractivity contribution is 6.17. The number of amides is 1. The Morgan fingerprint density at radius 1 is 1.10 bits per heavy atom. The van der Waals surface area contributed by atoms with Crippen LogP contribution in [-0.4, -0.2) is 28.4 Å². The van der Waals surface area contributed by atoms with E-state index in [1.165, 1.54) is 16.8 Å². The minimum absolute atomic E-state index is 0.0985. The summed E-state index contributed by atoms with van der Waals surface area (Å²) in [5, 5.41) is 6.80. The van der Waals surface area contributed by atoms with Crippen LogP contribution in [0.5, 0.6) is 0 Å². The topological polar surface area (TPSA) is 73.2 Å². The fourth-order valence-corrected chi connectivity index (χ4v) is 2.82. The third kappa shape index (κ3) is 5.87. The molecule has 1 aromatic heterocycles. The molecule has 1 heterocycles. The summed E-state index contributed by atoms with van der Waals surface area (Å²) in [6.45, 7) is 0.309. The van der Waals surface area contributed by atoms with Crippen molar-refractivity contribution in [2.75, 3.05) is 17.8 Å². The number of benzene rings is 2. The Balaban J connectivity index is 1.78. The second-order valence-corrected chi connectivity index (χ2v) is 6.75. The molecule has 3 rings (SSSR count). The van der Waals surface area contributed by atoms with Gasteiger partial charge in [0, 0.05) is 29.3 Å². The summed E-state index contributed by atoms with van der Waals surface area (Å²) in [5.74, 6) is -1.08. The van der Waals surface area contributed by atoms with Crippen LogP contribution in [0.2, 0.25) is 0 Å². The third-order valence-corrected chi connectivity index (χ3v) is 4.31. The molecule has 0 bridgehead atoms. The van der Waals surface area contributed by atoms with Crippen LogP contribution >= 0.6 is 11.6 Å². The van der Waals surface area contributed by atoms with E-state index in [0.717, 1.165) is 18.2 Å². The van der Waals surface area contributed by atoms with Crippen LogP contribution in [0.25, 0.3) is 11.3 Å². The van der Waals surface area contributed by atoms with Crippen molar-refractivity contribution in [2.45, 2.75) is 13.0 Å². The van der Waals surface area contributed by atoms with E-state index >= 15 is 0 Å². The van der Waals surface area contributed by atoms with Crippen molar-refractivity contribution in [1.82, 2.24) is 9.78 Å². The van der Waals surface area contributed by atoms with Gasteiger partial charge in [0.2, 0.25) is 0 Å². The molecule has 0 aliphatic carbocycles. The number of nitrogens with zero attached hydrogens (tertiary/aromatic N) is 2. The minimum atomic E-state index is -0.735. The highest BCUT2D eigenvalue weighted by atomic mass is 35.5. The zero-order valence-electron chi connectivity index (χ0n) is 15.8. The van der Waals surface area contributed by atoms with Gasteiger partial charge in [-0.3, -0.25) is 10.1 Å². The Labute approximate surface area is 176 Å². The van der Waals surface area contributed by atoms with Crippen molar-refractivity contribution in [2.24, 2.45) is 0 Å². The molecule has 156 valence electrons. The molecule has 2 aromatic carbocycles. The zero-order valence-corrected chi connectivity index (χ0v) is 16.5. The lowest BCUT2D eigenvalue weighted by Gasteiger charge is -2.10. The van der Waals surface area contributed by atoms with Gasteiger partial charge in [-0.15, -0.1) is 11.6 Å². The average Bonchev–Trinajstić information content (AvgIpc) is 2.69. The first-order valence-electron chi connectivity index (χ1n) is 9.08. The summed E-state index contributed by atoms with van der Waals surface area (Å²) in [7, 11) is 0. The van der Waals surface area contributed by atoms with Crippen molar-refractivity contribution < 1.29 is 18.3 Å². The van der Waals surface area contributed by atoms with E-state index in [-0.39, 0.29) is 30.0 Å². The van der Waals surface area contributed by atoms with Crippen LogP contribution in [0.15, 0.2) is 59.4 Å². The fraction of sp³-hybridized carbons (Fsp3) is 0.190. The summed E-state index contributed by atoms with van der Waals surface area (Å²) in [6, 6.07) is 12.5. The van der Waals surface area contributed by atoms with E-state index < -0.39 is 17.7 Å². The van der Waals surface area contributed by atoms with Crippen LogP contribution in [-0.2, 0) is 11.3 Å². The Morgan fingerprint density at radius 3 is 2.60 bits per heavy atom. The number of ether oxygens (including phenoxy) is 1. The van der Waals surface area contributed by atoms with Gasteiger partial charge < -0.3 is 4.74 Å². The van der Waals surface area contributed by atoms with Crippen LogP contribution in [0, 0.1) is 11.6 Å². The molecular weight excluding hydrogens is 416 g/mol. The van der Waals surface area contributed by atoms with Gasteiger partial charge in [0.05, 0.1) is 18.8 Å². The molecular formula is C21H18ClF2N3O3. The number of carbonyl (C=O) groups is 1. The van der Waals surface area contributed by atoms with Crippen molar-refractivity contribution >= 4 is 23.4 Å². The number of alkyl halides is 1. The first-order valence-corrected chi connectivity index (χ1v) is 9.61. The quantitative estimate of drug-likeness (QED) is 0.442. The fourth-order valence-electron chi connectivity index (χ4n) is 2.71. The van der Waals surface area contributed by atoms with E-state index in [2.05, 4.69) is 10.4 Å². The first-order chi connectivity index (χ1) is 14.4. The highest BCUT2D eigenvalue weighted by Crippen LogP contribution is 2.19. The molecule has 3 aromatic rings. The number of anilines is 1. The molecule has 0 aliphatic rings. The van der Waals surface area contributed by atoms with E-state index in [1.807, 2.05) is 0 Å². The Hall–Kier alpha value is -3.26. The smallest absolute Gasteiger partial charge is 0.411 e. The summed E-state index contributed by atoms with van der Waals surface area (Å²) >= 11 is 5.54. The molecule has 0 radical (unpaired) electrons.